The maximum Gasteiger partial charge on any atom is 0.351 e. The van der Waals surface area contributed by atoms with E-state index in [1.165, 1.54) is 4.57 Å². The summed E-state index contributed by atoms with van der Waals surface area (Å²) in [5.41, 5.74) is 5.12. The first kappa shape index (κ1) is 18.6. The quantitative estimate of drug-likeness (QED) is 0.692. The van der Waals surface area contributed by atoms with Crippen molar-refractivity contribution in [2.75, 3.05) is 19.5 Å². The number of nitrogens with two attached hydrogens (primary N) is 1. The Balaban J connectivity index is 0.000000775. The van der Waals surface area contributed by atoms with E-state index in [-0.39, 0.29) is 32.1 Å². The van der Waals surface area contributed by atoms with Gasteiger partial charge in [-0.25, -0.2) is 4.79 Å². The lowest BCUT2D eigenvalue weighted by Crippen LogP contribution is -2.46. The van der Waals surface area contributed by atoms with E-state index in [9.17, 15) is 9.90 Å². The van der Waals surface area contributed by atoms with Crippen LogP contribution in [0.15, 0.2) is 11.0 Å². The van der Waals surface area contributed by atoms with E-state index in [2.05, 4.69) is 4.98 Å². The Morgan fingerprint density at radius 3 is 2.73 bits per heavy atom. The molecule has 0 aromatic carbocycles. The van der Waals surface area contributed by atoms with Gasteiger partial charge in [-0.1, -0.05) is 7.43 Å². The van der Waals surface area contributed by atoms with Crippen molar-refractivity contribution in [2.24, 2.45) is 0 Å². The van der Waals surface area contributed by atoms with Crippen LogP contribution in [0, 0.1) is 6.92 Å². The molecule has 0 spiro atoms. The summed E-state index contributed by atoms with van der Waals surface area (Å²) >= 11 is 0. The van der Waals surface area contributed by atoms with Gasteiger partial charge >= 0.3 is 5.69 Å². The number of nitrogen functional groups attached to an aromatic ring is 1. The highest BCUT2D eigenvalue weighted by Gasteiger charge is 2.58. The highest BCUT2D eigenvalue weighted by molar-refractivity contribution is 5.35. The monoisotopic (exact) mass is 315 g/mol. The predicted molar refractivity (Wildman–Crippen MR) is 81.4 cm³/mol. The molecule has 0 saturated carbocycles. The molecule has 3 heterocycles. The molecular formula is C14H25N3O5. The topological polar surface area (TPSA) is 120 Å². The van der Waals surface area contributed by atoms with Gasteiger partial charge in [0.15, 0.2) is 6.23 Å². The van der Waals surface area contributed by atoms with Crippen LogP contribution in [0.4, 0.5) is 5.82 Å². The third-order valence-corrected chi connectivity index (χ3v) is 4.06. The smallest absolute Gasteiger partial charge is 0.351 e. The molecule has 1 aromatic rings. The summed E-state index contributed by atoms with van der Waals surface area (Å²) in [5, 5.41) is 16.5. The van der Waals surface area contributed by atoms with Crippen LogP contribution in [0.1, 0.15) is 32.6 Å². The zero-order chi connectivity index (χ0) is 15.8. The minimum atomic E-state index is -0.718. The summed E-state index contributed by atoms with van der Waals surface area (Å²) in [7, 11) is 1.00. The van der Waals surface area contributed by atoms with Gasteiger partial charge in [-0.2, -0.15) is 4.98 Å². The summed E-state index contributed by atoms with van der Waals surface area (Å²) in [6, 6.07) is 0. The average Bonchev–Trinajstić information content (AvgIpc) is 3.00. The largest absolute Gasteiger partial charge is 0.400 e. The second kappa shape index (κ2) is 6.74. The second-order valence-electron chi connectivity index (χ2n) is 5.25. The van der Waals surface area contributed by atoms with E-state index in [0.717, 1.165) is 7.11 Å². The van der Waals surface area contributed by atoms with Crippen LogP contribution in [0.5, 0.6) is 0 Å². The molecule has 8 nitrogen and oxygen atoms in total. The van der Waals surface area contributed by atoms with Gasteiger partial charge in [-0.15, -0.1) is 0 Å². The molecule has 1 aromatic heterocycles. The second-order valence-corrected chi connectivity index (χ2v) is 5.25. The number of hydrogen-bond acceptors (Lipinski definition) is 7. The van der Waals surface area contributed by atoms with Crippen LogP contribution in [0.3, 0.4) is 0 Å². The Bertz CT molecular complexity index is 576. The van der Waals surface area contributed by atoms with Crippen molar-refractivity contribution in [3.8, 4) is 0 Å². The molecule has 0 amide bonds. The number of hydrogen-bond donors (Lipinski definition) is 3. The summed E-state index contributed by atoms with van der Waals surface area (Å²) in [6.45, 7) is 3.51. The van der Waals surface area contributed by atoms with Crippen molar-refractivity contribution in [3.63, 3.8) is 0 Å². The number of nitrogens with zero attached hydrogens (tertiary/aromatic N) is 2. The molecule has 2 unspecified atom stereocenters. The van der Waals surface area contributed by atoms with Crippen molar-refractivity contribution in [2.45, 2.75) is 51.7 Å². The molecule has 3 rings (SSSR count). The average molecular weight is 315 g/mol. The molecule has 2 aliphatic heterocycles. The van der Waals surface area contributed by atoms with Crippen LogP contribution in [0.2, 0.25) is 0 Å². The zero-order valence-corrected chi connectivity index (χ0v) is 12.3. The van der Waals surface area contributed by atoms with Crippen LogP contribution in [-0.2, 0) is 9.47 Å². The van der Waals surface area contributed by atoms with E-state index < -0.39 is 17.5 Å². The lowest BCUT2D eigenvalue weighted by Gasteiger charge is -2.34. The minimum absolute atomic E-state index is 0. The Hall–Kier alpha value is -1.48. The summed E-state index contributed by atoms with van der Waals surface area (Å²) < 4.78 is 13.0. The molecule has 8 heteroatoms. The van der Waals surface area contributed by atoms with E-state index >= 15 is 0 Å². The van der Waals surface area contributed by atoms with E-state index in [1.807, 2.05) is 6.92 Å². The predicted octanol–water partition coefficient (Wildman–Crippen LogP) is -0.184. The summed E-state index contributed by atoms with van der Waals surface area (Å²) in [5.74, 6) is 0.218. The van der Waals surface area contributed by atoms with E-state index in [4.69, 9.17) is 20.3 Å². The van der Waals surface area contributed by atoms with Crippen molar-refractivity contribution in [3.05, 3.63) is 22.2 Å². The molecule has 0 radical (unpaired) electrons. The fourth-order valence-electron chi connectivity index (χ4n) is 2.80. The molecule has 0 aliphatic carbocycles. The number of anilines is 1. The van der Waals surface area contributed by atoms with Crippen molar-refractivity contribution in [1.29, 1.82) is 0 Å². The summed E-state index contributed by atoms with van der Waals surface area (Å²) in [4.78, 5) is 15.7. The first-order valence-electron chi connectivity index (χ1n) is 6.71. The number of aliphatic hydroxyl groups excluding tert-OH is 2. The zero-order valence-electron chi connectivity index (χ0n) is 12.3. The molecule has 4 N–H and O–H groups in total. The minimum Gasteiger partial charge on any atom is -0.400 e. The van der Waals surface area contributed by atoms with Crippen LogP contribution in [-0.4, -0.2) is 51.3 Å². The first-order chi connectivity index (χ1) is 9.97. The van der Waals surface area contributed by atoms with E-state index in [1.54, 1.807) is 13.1 Å². The van der Waals surface area contributed by atoms with Gasteiger partial charge in [0, 0.05) is 25.3 Å². The highest BCUT2D eigenvalue weighted by Crippen LogP contribution is 2.47. The lowest BCUT2D eigenvalue weighted by molar-refractivity contribution is -0.216. The number of fused-ring (bicyclic) bond motifs is 2. The van der Waals surface area contributed by atoms with Gasteiger partial charge in [0.2, 0.25) is 0 Å². The van der Waals surface area contributed by atoms with Gasteiger partial charge in [0.05, 0.1) is 12.7 Å². The molecule has 2 bridgehead atoms. The van der Waals surface area contributed by atoms with Crippen molar-refractivity contribution >= 4 is 5.82 Å². The standard InChI is InChI=1S/C12H17N3O4.CH4O.CH4/c1-6-4-15(11(17)14-9(6)13)10-8-3-12(5-16,19-10)7(2)18-8;1-2;/h4,7-8,10,16H,3,5H2,1-2H3,(H2,13,14,17);2H,1H3;1H4/t7?,8?,10-,12+;;/m1../s1. The molecular weight excluding hydrogens is 290 g/mol. The Morgan fingerprint density at radius 2 is 2.18 bits per heavy atom. The van der Waals surface area contributed by atoms with Crippen LogP contribution in [0.25, 0.3) is 0 Å². The van der Waals surface area contributed by atoms with Gasteiger partial charge in [-0.05, 0) is 13.8 Å². The van der Waals surface area contributed by atoms with Crippen molar-refractivity contribution < 1.29 is 19.7 Å². The Morgan fingerprint density at radius 1 is 1.55 bits per heavy atom. The third-order valence-electron chi connectivity index (χ3n) is 4.06. The maximum absolute atomic E-state index is 11.9. The van der Waals surface area contributed by atoms with Crippen LogP contribution >= 0.6 is 0 Å². The number of ether oxygens (including phenoxy) is 2. The first-order valence-corrected chi connectivity index (χ1v) is 6.71. The van der Waals surface area contributed by atoms with Crippen LogP contribution < -0.4 is 11.4 Å². The molecule has 2 aliphatic rings. The fourth-order valence-corrected chi connectivity index (χ4v) is 2.80. The SMILES string of the molecule is C.CO.Cc1cn([C@@H]2O[C@]3(CO)CC2OC3C)c(=O)nc1N. The van der Waals surface area contributed by atoms with Crippen molar-refractivity contribution in [1.82, 2.24) is 9.55 Å². The number of aromatic nitrogens is 2. The normalized spacial score (nSPS) is 32.1. The van der Waals surface area contributed by atoms with Gasteiger partial charge < -0.3 is 25.4 Å². The molecule has 2 saturated heterocycles. The molecule has 4 atom stereocenters. The van der Waals surface area contributed by atoms with E-state index in [0.29, 0.717) is 12.0 Å². The fraction of sp³-hybridized carbons (Fsp3) is 0.714. The third kappa shape index (κ3) is 2.74. The number of aryl methyl sites for hydroxylation is 1. The van der Waals surface area contributed by atoms with Gasteiger partial charge in [0.25, 0.3) is 0 Å². The highest BCUT2D eigenvalue weighted by atomic mass is 16.6. The molecule has 126 valence electrons. The van der Waals surface area contributed by atoms with Gasteiger partial charge in [-0.3, -0.25) is 4.57 Å². The number of rotatable bonds is 2. The molecule has 22 heavy (non-hydrogen) atoms. The summed E-state index contributed by atoms with van der Waals surface area (Å²) in [6.07, 6.45) is 1.21. The number of aliphatic hydroxyl groups is 2. The lowest BCUT2D eigenvalue weighted by atomic mass is 9.98. The molecule has 2 fully saturated rings. The maximum atomic E-state index is 11.9. The Labute approximate surface area is 129 Å². The Kier molecular flexibility index (Phi) is 5.69. The van der Waals surface area contributed by atoms with Gasteiger partial charge in [0.1, 0.15) is 17.5 Å².